The predicted molar refractivity (Wildman–Crippen MR) is 103 cm³/mol. The average Bonchev–Trinajstić information content (AvgIpc) is 2.87. The minimum absolute atomic E-state index is 0.0828. The summed E-state index contributed by atoms with van der Waals surface area (Å²) in [4.78, 5) is 16.9. The summed E-state index contributed by atoms with van der Waals surface area (Å²) in [6.45, 7) is 5.73. The second-order valence-electron chi connectivity index (χ2n) is 7.74. The zero-order valence-electron chi connectivity index (χ0n) is 15.6. The number of amides is 1. The van der Waals surface area contributed by atoms with Crippen LogP contribution in [0.2, 0.25) is 0 Å². The monoisotopic (exact) mass is 368 g/mol. The highest BCUT2D eigenvalue weighted by molar-refractivity contribution is 5.96. The van der Waals surface area contributed by atoms with E-state index in [2.05, 4.69) is 36.1 Å². The van der Waals surface area contributed by atoms with Crippen LogP contribution in [0, 0.1) is 11.2 Å². The Kier molecular flexibility index (Phi) is 4.98. The molecular formula is C22H25FN2O2. The van der Waals surface area contributed by atoms with Crippen molar-refractivity contribution in [2.45, 2.75) is 19.4 Å². The first-order valence-electron chi connectivity index (χ1n) is 9.49. The highest BCUT2D eigenvalue weighted by Crippen LogP contribution is 2.38. The molecule has 2 aromatic carbocycles. The fourth-order valence-corrected chi connectivity index (χ4v) is 4.25. The quantitative estimate of drug-likeness (QED) is 0.829. The molecule has 1 spiro atoms. The Morgan fingerprint density at radius 3 is 2.56 bits per heavy atom. The highest BCUT2D eigenvalue weighted by atomic mass is 19.1. The smallest absolute Gasteiger partial charge is 0.227 e. The van der Waals surface area contributed by atoms with Crippen molar-refractivity contribution in [3.63, 3.8) is 0 Å². The number of ether oxygens (including phenoxy) is 1. The second kappa shape index (κ2) is 7.41. The summed E-state index contributed by atoms with van der Waals surface area (Å²) >= 11 is 0. The van der Waals surface area contributed by atoms with Crippen LogP contribution in [0.25, 0.3) is 0 Å². The first-order chi connectivity index (χ1) is 13.1. The van der Waals surface area contributed by atoms with E-state index in [9.17, 15) is 9.18 Å². The van der Waals surface area contributed by atoms with E-state index in [1.807, 2.05) is 6.07 Å². The van der Waals surface area contributed by atoms with E-state index in [-0.39, 0.29) is 23.2 Å². The molecule has 0 aromatic heterocycles. The van der Waals surface area contributed by atoms with Crippen molar-refractivity contribution in [1.29, 1.82) is 0 Å². The number of benzene rings is 2. The number of carbonyl (C=O) groups excluding carboxylic acids is 1. The summed E-state index contributed by atoms with van der Waals surface area (Å²) in [6, 6.07) is 16.9. The minimum Gasteiger partial charge on any atom is -0.379 e. The van der Waals surface area contributed by atoms with Crippen molar-refractivity contribution in [2.24, 2.45) is 5.41 Å². The summed E-state index contributed by atoms with van der Waals surface area (Å²) in [5.41, 5.74) is 1.80. The van der Waals surface area contributed by atoms with Crippen LogP contribution >= 0.6 is 0 Å². The van der Waals surface area contributed by atoms with E-state index in [0.29, 0.717) is 26.2 Å². The number of anilines is 1. The van der Waals surface area contributed by atoms with E-state index >= 15 is 0 Å². The van der Waals surface area contributed by atoms with Gasteiger partial charge in [-0.1, -0.05) is 30.3 Å². The molecule has 27 heavy (non-hydrogen) atoms. The number of nitrogens with zero attached hydrogens (tertiary/aromatic N) is 2. The third kappa shape index (κ3) is 3.75. The van der Waals surface area contributed by atoms with E-state index in [0.717, 1.165) is 18.8 Å². The zero-order valence-corrected chi connectivity index (χ0v) is 15.6. The lowest BCUT2D eigenvalue weighted by Gasteiger charge is -2.35. The first-order valence-corrected chi connectivity index (χ1v) is 9.49. The third-order valence-electron chi connectivity index (χ3n) is 5.76. The molecule has 2 heterocycles. The van der Waals surface area contributed by atoms with E-state index in [4.69, 9.17) is 4.74 Å². The Morgan fingerprint density at radius 2 is 1.81 bits per heavy atom. The molecule has 2 saturated heterocycles. The molecule has 2 fully saturated rings. The van der Waals surface area contributed by atoms with Gasteiger partial charge in [0.15, 0.2) is 0 Å². The standard InChI is InChI=1S/C22H25FN2O2/c1-17(18-5-3-2-4-6-18)24-11-12-27-16-22(14-24)13-21(26)25(15-22)20-9-7-19(23)8-10-20/h2-10,17H,11-16H2,1H3/t17-,22-/m1/s1. The third-order valence-corrected chi connectivity index (χ3v) is 5.76. The van der Waals surface area contributed by atoms with Crippen LogP contribution in [0.5, 0.6) is 0 Å². The van der Waals surface area contributed by atoms with Crippen LogP contribution < -0.4 is 4.90 Å². The maximum absolute atomic E-state index is 13.2. The van der Waals surface area contributed by atoms with Gasteiger partial charge in [0.1, 0.15) is 5.82 Å². The molecule has 0 unspecified atom stereocenters. The van der Waals surface area contributed by atoms with Gasteiger partial charge in [-0.2, -0.15) is 0 Å². The SMILES string of the molecule is C[C@H](c1ccccc1)N1CCOC[C@]2(CC(=O)N(c3ccc(F)cc3)C2)C1. The largest absolute Gasteiger partial charge is 0.379 e. The minimum atomic E-state index is -0.291. The molecule has 2 aliphatic heterocycles. The van der Waals surface area contributed by atoms with Gasteiger partial charge in [-0.25, -0.2) is 4.39 Å². The zero-order chi connectivity index (χ0) is 18.9. The Hall–Kier alpha value is -2.24. The molecule has 0 radical (unpaired) electrons. The fourth-order valence-electron chi connectivity index (χ4n) is 4.25. The Balaban J connectivity index is 1.55. The molecular weight excluding hydrogens is 343 g/mol. The van der Waals surface area contributed by atoms with Crippen LogP contribution in [0.1, 0.15) is 24.9 Å². The Labute approximate surface area is 159 Å². The van der Waals surface area contributed by atoms with Crippen molar-refractivity contribution in [3.8, 4) is 0 Å². The lowest BCUT2D eigenvalue weighted by atomic mass is 9.86. The number of hydrogen-bond acceptors (Lipinski definition) is 3. The van der Waals surface area contributed by atoms with Crippen LogP contribution in [0.15, 0.2) is 54.6 Å². The summed E-state index contributed by atoms with van der Waals surface area (Å²) in [5, 5.41) is 0. The summed E-state index contributed by atoms with van der Waals surface area (Å²) in [5.74, 6) is -0.208. The molecule has 4 rings (SSSR count). The first kappa shape index (κ1) is 18.1. The van der Waals surface area contributed by atoms with Crippen LogP contribution in [-0.4, -0.2) is 43.7 Å². The van der Waals surface area contributed by atoms with Gasteiger partial charge in [0.2, 0.25) is 5.91 Å². The average molecular weight is 368 g/mol. The van der Waals surface area contributed by atoms with Crippen molar-refractivity contribution < 1.29 is 13.9 Å². The molecule has 2 aromatic rings. The van der Waals surface area contributed by atoms with Gasteiger partial charge in [0.25, 0.3) is 0 Å². The van der Waals surface area contributed by atoms with Crippen molar-refractivity contribution in [3.05, 3.63) is 66.0 Å². The van der Waals surface area contributed by atoms with Gasteiger partial charge in [-0.3, -0.25) is 9.69 Å². The molecule has 0 aliphatic carbocycles. The van der Waals surface area contributed by atoms with Gasteiger partial charge >= 0.3 is 0 Å². The molecule has 0 bridgehead atoms. The maximum atomic E-state index is 13.2. The summed E-state index contributed by atoms with van der Waals surface area (Å²) < 4.78 is 19.2. The molecule has 0 N–H and O–H groups in total. The Morgan fingerprint density at radius 1 is 1.07 bits per heavy atom. The van der Waals surface area contributed by atoms with E-state index in [1.54, 1.807) is 17.0 Å². The van der Waals surface area contributed by atoms with Gasteiger partial charge in [0.05, 0.1) is 13.2 Å². The van der Waals surface area contributed by atoms with Crippen molar-refractivity contribution >= 4 is 11.6 Å². The highest BCUT2D eigenvalue weighted by Gasteiger charge is 2.46. The molecule has 4 nitrogen and oxygen atoms in total. The van der Waals surface area contributed by atoms with E-state index in [1.165, 1.54) is 17.7 Å². The lowest BCUT2D eigenvalue weighted by Crippen LogP contribution is -2.41. The number of carbonyl (C=O) groups is 1. The maximum Gasteiger partial charge on any atom is 0.227 e. The van der Waals surface area contributed by atoms with Crippen molar-refractivity contribution in [2.75, 3.05) is 37.7 Å². The number of rotatable bonds is 3. The van der Waals surface area contributed by atoms with Gasteiger partial charge in [0, 0.05) is 43.2 Å². The Bertz CT molecular complexity index is 796. The molecule has 2 aliphatic rings. The van der Waals surface area contributed by atoms with Crippen LogP contribution in [0.4, 0.5) is 10.1 Å². The normalized spacial score (nSPS) is 25.0. The fraction of sp³-hybridized carbons (Fsp3) is 0.409. The molecule has 0 saturated carbocycles. The van der Waals surface area contributed by atoms with Gasteiger partial charge in [-0.15, -0.1) is 0 Å². The van der Waals surface area contributed by atoms with Gasteiger partial charge in [-0.05, 0) is 36.8 Å². The number of halogens is 1. The van der Waals surface area contributed by atoms with Crippen LogP contribution in [0.3, 0.4) is 0 Å². The predicted octanol–water partition coefficient (Wildman–Crippen LogP) is 3.64. The topological polar surface area (TPSA) is 32.8 Å². The second-order valence-corrected chi connectivity index (χ2v) is 7.74. The van der Waals surface area contributed by atoms with Crippen molar-refractivity contribution in [1.82, 2.24) is 4.90 Å². The van der Waals surface area contributed by atoms with Gasteiger partial charge < -0.3 is 9.64 Å². The molecule has 1 amide bonds. The number of hydrogen-bond donors (Lipinski definition) is 0. The van der Waals surface area contributed by atoms with Crippen LogP contribution in [-0.2, 0) is 9.53 Å². The lowest BCUT2D eigenvalue weighted by molar-refractivity contribution is -0.118. The van der Waals surface area contributed by atoms with E-state index < -0.39 is 0 Å². The molecule has 2 atom stereocenters. The molecule has 142 valence electrons. The summed E-state index contributed by atoms with van der Waals surface area (Å²) in [7, 11) is 0. The molecule has 5 heteroatoms. The summed E-state index contributed by atoms with van der Waals surface area (Å²) in [6.07, 6.45) is 0.461.